The summed E-state index contributed by atoms with van der Waals surface area (Å²) in [5.41, 5.74) is 1.63. The molecule has 0 saturated heterocycles. The van der Waals surface area contributed by atoms with Gasteiger partial charge in [0.2, 0.25) is 0 Å². The van der Waals surface area contributed by atoms with Gasteiger partial charge >= 0.3 is 0 Å². The second-order valence-corrected chi connectivity index (χ2v) is 4.04. The number of aromatic nitrogens is 1. The number of hydrogen-bond acceptors (Lipinski definition) is 1. The SMILES string of the molecule is O=C(NCc1ccc[nH+]c1)c1ccc(Cl)cc1. The van der Waals surface area contributed by atoms with E-state index in [1.807, 2.05) is 24.5 Å². The molecule has 0 radical (unpaired) electrons. The van der Waals surface area contributed by atoms with Crippen molar-refractivity contribution in [1.82, 2.24) is 5.32 Å². The van der Waals surface area contributed by atoms with Crippen molar-refractivity contribution in [1.29, 1.82) is 0 Å². The second kappa shape index (κ2) is 5.46. The summed E-state index contributed by atoms with van der Waals surface area (Å²) >= 11 is 5.75. The topological polar surface area (TPSA) is 43.2 Å². The van der Waals surface area contributed by atoms with Crippen LogP contribution in [-0.2, 0) is 6.54 Å². The molecule has 0 fully saturated rings. The molecule has 0 bridgehead atoms. The molecule has 3 nitrogen and oxygen atoms in total. The molecule has 86 valence electrons. The van der Waals surface area contributed by atoms with E-state index >= 15 is 0 Å². The Morgan fingerprint density at radius 2 is 2.00 bits per heavy atom. The molecular formula is C13H12ClN2O+. The molecule has 2 aromatic rings. The van der Waals surface area contributed by atoms with Crippen LogP contribution >= 0.6 is 11.6 Å². The minimum Gasteiger partial charge on any atom is -0.348 e. The first-order valence-electron chi connectivity index (χ1n) is 5.24. The van der Waals surface area contributed by atoms with Crippen molar-refractivity contribution in [3.8, 4) is 0 Å². The van der Waals surface area contributed by atoms with E-state index in [9.17, 15) is 4.79 Å². The Bertz CT molecular complexity index is 497. The number of pyridine rings is 1. The zero-order valence-electron chi connectivity index (χ0n) is 9.11. The van der Waals surface area contributed by atoms with E-state index in [1.165, 1.54) is 0 Å². The van der Waals surface area contributed by atoms with Gasteiger partial charge in [0.1, 0.15) is 0 Å². The highest BCUT2D eigenvalue weighted by Crippen LogP contribution is 2.09. The fourth-order valence-electron chi connectivity index (χ4n) is 1.43. The molecule has 1 aromatic heterocycles. The molecule has 17 heavy (non-hydrogen) atoms. The molecular weight excluding hydrogens is 236 g/mol. The second-order valence-electron chi connectivity index (χ2n) is 3.60. The van der Waals surface area contributed by atoms with Crippen LogP contribution in [0.15, 0.2) is 48.8 Å². The Kier molecular flexibility index (Phi) is 3.73. The van der Waals surface area contributed by atoms with E-state index < -0.39 is 0 Å². The molecule has 0 aliphatic heterocycles. The van der Waals surface area contributed by atoms with E-state index in [0.717, 1.165) is 5.56 Å². The third-order valence-corrected chi connectivity index (χ3v) is 2.58. The van der Waals surface area contributed by atoms with Crippen molar-refractivity contribution < 1.29 is 9.78 Å². The van der Waals surface area contributed by atoms with E-state index in [0.29, 0.717) is 17.1 Å². The number of carbonyl (C=O) groups is 1. The van der Waals surface area contributed by atoms with Gasteiger partial charge < -0.3 is 5.32 Å². The molecule has 0 aliphatic carbocycles. The van der Waals surface area contributed by atoms with Crippen molar-refractivity contribution in [2.24, 2.45) is 0 Å². The quantitative estimate of drug-likeness (QED) is 0.887. The number of amides is 1. The van der Waals surface area contributed by atoms with Crippen LogP contribution in [-0.4, -0.2) is 5.91 Å². The minimum absolute atomic E-state index is 0.106. The van der Waals surface area contributed by atoms with Crippen LogP contribution in [0.4, 0.5) is 0 Å². The van der Waals surface area contributed by atoms with Crippen LogP contribution in [0.5, 0.6) is 0 Å². The van der Waals surface area contributed by atoms with Crippen molar-refractivity contribution in [3.63, 3.8) is 0 Å². The van der Waals surface area contributed by atoms with Gasteiger partial charge in [-0.15, -0.1) is 0 Å². The zero-order valence-corrected chi connectivity index (χ0v) is 9.87. The fraction of sp³-hybridized carbons (Fsp3) is 0.0769. The maximum Gasteiger partial charge on any atom is 0.251 e. The first kappa shape index (κ1) is 11.6. The molecule has 0 saturated carbocycles. The predicted molar refractivity (Wildman–Crippen MR) is 65.6 cm³/mol. The Balaban J connectivity index is 1.96. The summed E-state index contributed by atoms with van der Waals surface area (Å²) in [6, 6.07) is 10.6. The van der Waals surface area contributed by atoms with Gasteiger partial charge in [-0.1, -0.05) is 11.6 Å². The van der Waals surface area contributed by atoms with Crippen LogP contribution in [0.3, 0.4) is 0 Å². The van der Waals surface area contributed by atoms with Crippen molar-refractivity contribution in [2.75, 3.05) is 0 Å². The van der Waals surface area contributed by atoms with Crippen LogP contribution in [0, 0.1) is 0 Å². The average Bonchev–Trinajstić information content (AvgIpc) is 2.38. The lowest BCUT2D eigenvalue weighted by Crippen LogP contribution is -2.23. The number of nitrogens with one attached hydrogen (secondary N) is 2. The summed E-state index contributed by atoms with van der Waals surface area (Å²) in [7, 11) is 0. The normalized spacial score (nSPS) is 9.94. The summed E-state index contributed by atoms with van der Waals surface area (Å²) < 4.78 is 0. The summed E-state index contributed by atoms with van der Waals surface area (Å²) in [6.45, 7) is 0.499. The molecule has 0 atom stereocenters. The third-order valence-electron chi connectivity index (χ3n) is 2.33. The van der Waals surface area contributed by atoms with Gasteiger partial charge in [-0.05, 0) is 30.3 Å². The highest BCUT2D eigenvalue weighted by atomic mass is 35.5. The highest BCUT2D eigenvalue weighted by molar-refractivity contribution is 6.30. The molecule has 2 rings (SSSR count). The van der Waals surface area contributed by atoms with Crippen molar-refractivity contribution >= 4 is 17.5 Å². The summed E-state index contributed by atoms with van der Waals surface area (Å²) in [5, 5.41) is 3.46. The number of carbonyl (C=O) groups excluding carboxylic acids is 1. The Hall–Kier alpha value is -1.87. The summed E-state index contributed by atoms with van der Waals surface area (Å²) in [6.07, 6.45) is 3.67. The highest BCUT2D eigenvalue weighted by Gasteiger charge is 2.05. The molecule has 1 aromatic carbocycles. The minimum atomic E-state index is -0.106. The first-order valence-corrected chi connectivity index (χ1v) is 5.62. The van der Waals surface area contributed by atoms with Crippen LogP contribution in [0.25, 0.3) is 0 Å². The van der Waals surface area contributed by atoms with Crippen molar-refractivity contribution in [3.05, 3.63) is 64.9 Å². The fourth-order valence-corrected chi connectivity index (χ4v) is 1.55. The third kappa shape index (κ3) is 3.29. The maximum absolute atomic E-state index is 11.8. The first-order chi connectivity index (χ1) is 8.25. The number of H-pyrrole nitrogens is 1. The number of benzene rings is 1. The summed E-state index contributed by atoms with van der Waals surface area (Å²) in [4.78, 5) is 14.7. The van der Waals surface area contributed by atoms with E-state index in [1.54, 1.807) is 24.3 Å². The van der Waals surface area contributed by atoms with Gasteiger partial charge in [0.05, 0.1) is 0 Å². The van der Waals surface area contributed by atoms with E-state index in [2.05, 4.69) is 10.3 Å². The van der Waals surface area contributed by atoms with Crippen LogP contribution in [0.1, 0.15) is 15.9 Å². The monoisotopic (exact) mass is 247 g/mol. The molecule has 4 heteroatoms. The van der Waals surface area contributed by atoms with Gasteiger partial charge in [0.15, 0.2) is 12.4 Å². The zero-order chi connectivity index (χ0) is 12.1. The average molecular weight is 248 g/mol. The lowest BCUT2D eigenvalue weighted by Gasteiger charge is -2.03. The standard InChI is InChI=1S/C13H11ClN2O/c14-12-5-3-11(4-6-12)13(17)16-9-10-2-1-7-15-8-10/h1-8H,9H2,(H,16,17)/p+1. The Morgan fingerprint density at radius 3 is 2.65 bits per heavy atom. The molecule has 2 N–H and O–H groups in total. The Labute approximate surface area is 104 Å². The lowest BCUT2D eigenvalue weighted by atomic mass is 10.2. The number of hydrogen-bond donors (Lipinski definition) is 1. The van der Waals surface area contributed by atoms with Gasteiger partial charge in [0, 0.05) is 28.8 Å². The largest absolute Gasteiger partial charge is 0.348 e. The molecule has 0 aliphatic rings. The van der Waals surface area contributed by atoms with E-state index in [4.69, 9.17) is 11.6 Å². The molecule has 0 spiro atoms. The molecule has 1 amide bonds. The van der Waals surface area contributed by atoms with Gasteiger partial charge in [-0.2, -0.15) is 0 Å². The number of rotatable bonds is 3. The lowest BCUT2D eigenvalue weighted by molar-refractivity contribution is -0.378. The molecule has 1 heterocycles. The Morgan fingerprint density at radius 1 is 1.24 bits per heavy atom. The van der Waals surface area contributed by atoms with Crippen LogP contribution in [0.2, 0.25) is 5.02 Å². The number of aromatic amines is 1. The van der Waals surface area contributed by atoms with Crippen LogP contribution < -0.4 is 10.3 Å². The summed E-state index contributed by atoms with van der Waals surface area (Å²) in [5.74, 6) is -0.106. The maximum atomic E-state index is 11.8. The molecule has 0 unspecified atom stereocenters. The van der Waals surface area contributed by atoms with Gasteiger partial charge in [-0.3, -0.25) is 4.79 Å². The van der Waals surface area contributed by atoms with Crippen molar-refractivity contribution in [2.45, 2.75) is 6.54 Å². The van der Waals surface area contributed by atoms with E-state index in [-0.39, 0.29) is 5.91 Å². The smallest absolute Gasteiger partial charge is 0.251 e. The van der Waals surface area contributed by atoms with Gasteiger partial charge in [-0.25, -0.2) is 4.98 Å². The van der Waals surface area contributed by atoms with Gasteiger partial charge in [0.25, 0.3) is 5.91 Å². The number of halogens is 1. The predicted octanol–water partition coefficient (Wildman–Crippen LogP) is 2.08.